The third-order valence-corrected chi connectivity index (χ3v) is 3.10. The molecule has 0 aliphatic heterocycles. The van der Waals surface area contributed by atoms with E-state index in [1.165, 1.54) is 19.2 Å². The molecule has 0 N–H and O–H groups in total. The minimum Gasteiger partial charge on any atom is -0.465 e. The van der Waals surface area contributed by atoms with Crippen LogP contribution in [-0.2, 0) is 22.7 Å². The van der Waals surface area contributed by atoms with Gasteiger partial charge in [-0.05, 0) is 35.4 Å². The molecule has 0 bridgehead atoms. The Morgan fingerprint density at radius 1 is 1.14 bits per heavy atom. The first-order valence-corrected chi connectivity index (χ1v) is 6.67. The van der Waals surface area contributed by atoms with Gasteiger partial charge in [0.05, 0.1) is 25.9 Å². The Bertz CT molecular complexity index is 643. The molecule has 0 amide bonds. The average Bonchev–Trinajstić information content (AvgIpc) is 2.47. The lowest BCUT2D eigenvalue weighted by Crippen LogP contribution is -2.05. The number of methoxy groups -OCH3 is 1. The predicted molar refractivity (Wildman–Crippen MR) is 77.7 cm³/mol. The normalized spacial score (nSPS) is 10.4. The summed E-state index contributed by atoms with van der Waals surface area (Å²) in [6.07, 6.45) is 0. The molecule has 2 rings (SSSR count). The fourth-order valence-corrected chi connectivity index (χ4v) is 2.05. The van der Waals surface area contributed by atoms with Gasteiger partial charge in [-0.25, -0.2) is 9.18 Å². The molecule has 0 heterocycles. The zero-order chi connectivity index (χ0) is 15.2. The summed E-state index contributed by atoms with van der Waals surface area (Å²) in [4.78, 5) is 11.3. The van der Waals surface area contributed by atoms with E-state index < -0.39 is 11.8 Å². The fourth-order valence-electron chi connectivity index (χ4n) is 1.84. The van der Waals surface area contributed by atoms with Gasteiger partial charge in [0.1, 0.15) is 5.82 Å². The van der Waals surface area contributed by atoms with Gasteiger partial charge >= 0.3 is 5.97 Å². The van der Waals surface area contributed by atoms with E-state index in [-0.39, 0.29) is 12.2 Å². The Morgan fingerprint density at radius 2 is 1.86 bits per heavy atom. The second kappa shape index (κ2) is 7.20. The lowest BCUT2D eigenvalue weighted by molar-refractivity contribution is 0.0595. The number of halogens is 2. The third kappa shape index (κ3) is 4.28. The molecule has 0 unspecified atom stereocenters. The first-order valence-electron chi connectivity index (χ1n) is 6.29. The Labute approximate surface area is 127 Å². The van der Waals surface area contributed by atoms with Crippen molar-refractivity contribution in [3.8, 4) is 0 Å². The van der Waals surface area contributed by atoms with Crippen LogP contribution in [0.4, 0.5) is 4.39 Å². The third-order valence-electron chi connectivity index (χ3n) is 2.87. The molecule has 0 atom stereocenters. The summed E-state index contributed by atoms with van der Waals surface area (Å²) >= 11 is 5.87. The first kappa shape index (κ1) is 15.5. The minimum absolute atomic E-state index is 0.0870. The average molecular weight is 309 g/mol. The van der Waals surface area contributed by atoms with Crippen LogP contribution in [0.15, 0.2) is 42.5 Å². The lowest BCUT2D eigenvalue weighted by atomic mass is 10.1. The van der Waals surface area contributed by atoms with Crippen LogP contribution >= 0.6 is 11.6 Å². The summed E-state index contributed by atoms with van der Waals surface area (Å²) in [5.74, 6) is -1.32. The zero-order valence-electron chi connectivity index (χ0n) is 11.4. The van der Waals surface area contributed by atoms with Crippen LogP contribution in [0.25, 0.3) is 0 Å². The SMILES string of the molecule is COC(=O)c1ccc(COCc2cccc(Cl)c2)cc1F. The standard InChI is InChI=1S/C16H14ClFO3/c1-20-16(19)14-6-5-12(8-15(14)18)10-21-9-11-3-2-4-13(17)7-11/h2-8H,9-10H2,1H3. The highest BCUT2D eigenvalue weighted by atomic mass is 35.5. The van der Waals surface area contributed by atoms with Gasteiger partial charge in [0.15, 0.2) is 0 Å². The van der Waals surface area contributed by atoms with Gasteiger partial charge in [-0.3, -0.25) is 0 Å². The van der Waals surface area contributed by atoms with Gasteiger partial charge < -0.3 is 9.47 Å². The van der Waals surface area contributed by atoms with E-state index in [0.717, 1.165) is 5.56 Å². The van der Waals surface area contributed by atoms with Crippen molar-refractivity contribution in [1.82, 2.24) is 0 Å². The molecule has 0 saturated heterocycles. The first-order chi connectivity index (χ1) is 10.1. The largest absolute Gasteiger partial charge is 0.465 e. The highest BCUT2D eigenvalue weighted by Gasteiger charge is 2.12. The maximum absolute atomic E-state index is 13.7. The maximum atomic E-state index is 13.7. The number of hydrogen-bond donors (Lipinski definition) is 0. The summed E-state index contributed by atoms with van der Waals surface area (Å²) < 4.78 is 23.7. The van der Waals surface area contributed by atoms with Gasteiger partial charge in [-0.15, -0.1) is 0 Å². The van der Waals surface area contributed by atoms with E-state index in [0.29, 0.717) is 17.2 Å². The zero-order valence-corrected chi connectivity index (χ0v) is 12.2. The van der Waals surface area contributed by atoms with Crippen LogP contribution in [0, 0.1) is 5.82 Å². The number of benzene rings is 2. The van der Waals surface area contributed by atoms with Crippen molar-refractivity contribution >= 4 is 17.6 Å². The highest BCUT2D eigenvalue weighted by Crippen LogP contribution is 2.15. The van der Waals surface area contributed by atoms with Gasteiger partial charge in [0.25, 0.3) is 0 Å². The van der Waals surface area contributed by atoms with Crippen molar-refractivity contribution in [3.05, 3.63) is 70.0 Å². The monoisotopic (exact) mass is 308 g/mol. The molecule has 0 fully saturated rings. The quantitative estimate of drug-likeness (QED) is 0.784. The number of hydrogen-bond acceptors (Lipinski definition) is 3. The van der Waals surface area contributed by atoms with Crippen LogP contribution in [0.2, 0.25) is 5.02 Å². The molecular formula is C16H14ClFO3. The van der Waals surface area contributed by atoms with Gasteiger partial charge in [-0.1, -0.05) is 29.8 Å². The van der Waals surface area contributed by atoms with Gasteiger partial charge in [0, 0.05) is 5.02 Å². The Hall–Kier alpha value is -1.91. The Balaban J connectivity index is 1.95. The van der Waals surface area contributed by atoms with Crippen LogP contribution in [0.5, 0.6) is 0 Å². The van der Waals surface area contributed by atoms with Crippen LogP contribution < -0.4 is 0 Å². The van der Waals surface area contributed by atoms with E-state index >= 15 is 0 Å². The second-order valence-electron chi connectivity index (χ2n) is 4.43. The number of esters is 1. The predicted octanol–water partition coefficient (Wildman–Crippen LogP) is 3.98. The van der Waals surface area contributed by atoms with Crippen molar-refractivity contribution in [1.29, 1.82) is 0 Å². The molecule has 0 aliphatic carbocycles. The second-order valence-corrected chi connectivity index (χ2v) is 4.86. The van der Waals surface area contributed by atoms with Crippen molar-refractivity contribution in [3.63, 3.8) is 0 Å². The van der Waals surface area contributed by atoms with Crippen LogP contribution in [0.3, 0.4) is 0 Å². The summed E-state index contributed by atoms with van der Waals surface area (Å²) in [7, 11) is 1.21. The van der Waals surface area contributed by atoms with Crippen molar-refractivity contribution in [2.75, 3.05) is 7.11 Å². The molecule has 2 aromatic carbocycles. The van der Waals surface area contributed by atoms with E-state index in [4.69, 9.17) is 16.3 Å². The Kier molecular flexibility index (Phi) is 5.31. The van der Waals surface area contributed by atoms with E-state index in [2.05, 4.69) is 4.74 Å². The van der Waals surface area contributed by atoms with E-state index in [9.17, 15) is 9.18 Å². The van der Waals surface area contributed by atoms with Gasteiger partial charge in [0.2, 0.25) is 0 Å². The topological polar surface area (TPSA) is 35.5 Å². The molecule has 0 aromatic heterocycles. The smallest absolute Gasteiger partial charge is 0.340 e. The molecule has 2 aromatic rings. The molecule has 21 heavy (non-hydrogen) atoms. The summed E-state index contributed by atoms with van der Waals surface area (Å²) in [6, 6.07) is 11.6. The van der Waals surface area contributed by atoms with Crippen molar-refractivity contribution in [2.24, 2.45) is 0 Å². The molecule has 0 spiro atoms. The summed E-state index contributed by atoms with van der Waals surface area (Å²) in [6.45, 7) is 0.617. The molecule has 110 valence electrons. The molecule has 0 radical (unpaired) electrons. The maximum Gasteiger partial charge on any atom is 0.340 e. The van der Waals surface area contributed by atoms with E-state index in [1.807, 2.05) is 18.2 Å². The summed E-state index contributed by atoms with van der Waals surface area (Å²) in [5, 5.41) is 0.643. The van der Waals surface area contributed by atoms with E-state index in [1.54, 1.807) is 12.1 Å². The number of ether oxygens (including phenoxy) is 2. The molecule has 5 heteroatoms. The number of carbonyl (C=O) groups excluding carboxylic acids is 1. The fraction of sp³-hybridized carbons (Fsp3) is 0.188. The summed E-state index contributed by atoms with van der Waals surface area (Å²) in [5.41, 5.74) is 1.49. The molecule has 0 saturated carbocycles. The van der Waals surface area contributed by atoms with Crippen molar-refractivity contribution < 1.29 is 18.7 Å². The van der Waals surface area contributed by atoms with Crippen LogP contribution in [-0.4, -0.2) is 13.1 Å². The molecule has 3 nitrogen and oxygen atoms in total. The number of rotatable bonds is 5. The molecule has 0 aliphatic rings. The lowest BCUT2D eigenvalue weighted by Gasteiger charge is -2.07. The minimum atomic E-state index is -0.695. The van der Waals surface area contributed by atoms with Crippen molar-refractivity contribution in [2.45, 2.75) is 13.2 Å². The number of carbonyl (C=O) groups is 1. The highest BCUT2D eigenvalue weighted by molar-refractivity contribution is 6.30. The van der Waals surface area contributed by atoms with Gasteiger partial charge in [-0.2, -0.15) is 0 Å². The molecular weight excluding hydrogens is 295 g/mol. The Morgan fingerprint density at radius 3 is 2.48 bits per heavy atom. The van der Waals surface area contributed by atoms with Crippen LogP contribution in [0.1, 0.15) is 21.5 Å².